The third kappa shape index (κ3) is 3.63. The lowest BCUT2D eigenvalue weighted by atomic mass is 9.87. The number of carbonyl (C=O) groups is 3. The molecule has 0 radical (unpaired) electrons. The lowest BCUT2D eigenvalue weighted by molar-refractivity contribution is -0.155. The molecule has 1 atom stereocenters. The minimum Gasteiger partial charge on any atom is -0.464 e. The number of fused-ring (bicyclic) bond motifs is 1. The molecule has 3 N–H and O–H groups in total. The van der Waals surface area contributed by atoms with E-state index in [9.17, 15) is 19.5 Å². The maximum atomic E-state index is 12.8. The summed E-state index contributed by atoms with van der Waals surface area (Å²) in [5.41, 5.74) is -0.412. The van der Waals surface area contributed by atoms with E-state index in [2.05, 4.69) is 10.6 Å². The molecule has 1 saturated heterocycles. The summed E-state index contributed by atoms with van der Waals surface area (Å²) in [6.07, 6.45) is 0.465. The van der Waals surface area contributed by atoms with E-state index < -0.39 is 35.3 Å². The number of amides is 2. The van der Waals surface area contributed by atoms with Gasteiger partial charge in [-0.05, 0) is 50.7 Å². The standard InChI is InChI=1S/C20H26N2O5S/c1-4-27-18(25)19(5-7-28-8-6-19)22-15(23)11-20(26)14-10-12(2)9-13(3)16(14)21-17(20)24/h9-10,26H,4-8,11H2,1-3H3,(H,21,24)(H,22,23). The van der Waals surface area contributed by atoms with Crippen LogP contribution in [0.25, 0.3) is 0 Å². The van der Waals surface area contributed by atoms with E-state index in [1.54, 1.807) is 24.8 Å². The summed E-state index contributed by atoms with van der Waals surface area (Å²) < 4.78 is 5.18. The molecule has 0 spiro atoms. The number of esters is 1. The first-order chi connectivity index (χ1) is 13.2. The summed E-state index contributed by atoms with van der Waals surface area (Å²) in [4.78, 5) is 37.9. The average Bonchev–Trinajstić information content (AvgIpc) is 2.87. The summed E-state index contributed by atoms with van der Waals surface area (Å²) in [7, 11) is 0. The number of aliphatic hydroxyl groups is 1. The molecule has 0 saturated carbocycles. The van der Waals surface area contributed by atoms with Crippen molar-refractivity contribution in [2.45, 2.75) is 51.2 Å². The molecule has 1 unspecified atom stereocenters. The molecule has 3 rings (SSSR count). The Kier molecular flexibility index (Phi) is 5.72. The highest BCUT2D eigenvalue weighted by atomic mass is 32.2. The Labute approximate surface area is 168 Å². The van der Waals surface area contributed by atoms with E-state index in [4.69, 9.17) is 4.74 Å². The van der Waals surface area contributed by atoms with Crippen LogP contribution in [0.4, 0.5) is 5.69 Å². The number of aryl methyl sites for hydroxylation is 2. The normalized spacial score (nSPS) is 22.9. The van der Waals surface area contributed by atoms with Crippen LogP contribution in [0.1, 0.15) is 42.9 Å². The second kappa shape index (κ2) is 7.75. The van der Waals surface area contributed by atoms with Crippen LogP contribution in [0.5, 0.6) is 0 Å². The molecule has 2 aliphatic heterocycles. The first kappa shape index (κ1) is 20.7. The first-order valence-corrected chi connectivity index (χ1v) is 10.6. The molecule has 28 heavy (non-hydrogen) atoms. The molecule has 8 heteroatoms. The maximum absolute atomic E-state index is 12.8. The largest absolute Gasteiger partial charge is 0.464 e. The molecule has 0 aromatic heterocycles. The van der Waals surface area contributed by atoms with Gasteiger partial charge in [0.1, 0.15) is 5.54 Å². The van der Waals surface area contributed by atoms with Crippen LogP contribution in [0.3, 0.4) is 0 Å². The number of anilines is 1. The molecule has 0 bridgehead atoms. The van der Waals surface area contributed by atoms with Crippen molar-refractivity contribution in [3.8, 4) is 0 Å². The molecular formula is C20H26N2O5S. The van der Waals surface area contributed by atoms with Crippen LogP contribution < -0.4 is 10.6 Å². The second-order valence-electron chi connectivity index (χ2n) is 7.46. The molecule has 2 amide bonds. The number of carbonyl (C=O) groups excluding carboxylic acids is 3. The van der Waals surface area contributed by atoms with Crippen molar-refractivity contribution in [1.29, 1.82) is 0 Å². The van der Waals surface area contributed by atoms with Gasteiger partial charge in [0.2, 0.25) is 5.91 Å². The van der Waals surface area contributed by atoms with E-state index in [-0.39, 0.29) is 6.61 Å². The van der Waals surface area contributed by atoms with Gasteiger partial charge in [0.25, 0.3) is 5.91 Å². The van der Waals surface area contributed by atoms with Crippen molar-refractivity contribution in [3.05, 3.63) is 28.8 Å². The van der Waals surface area contributed by atoms with Crippen molar-refractivity contribution in [2.75, 3.05) is 23.4 Å². The van der Waals surface area contributed by atoms with Crippen LogP contribution in [0.15, 0.2) is 12.1 Å². The zero-order valence-electron chi connectivity index (χ0n) is 16.4. The Morgan fingerprint density at radius 2 is 1.96 bits per heavy atom. The van der Waals surface area contributed by atoms with Gasteiger partial charge in [-0.15, -0.1) is 0 Å². The Hall–Kier alpha value is -2.06. The average molecular weight is 407 g/mol. The molecule has 0 aliphatic carbocycles. The first-order valence-electron chi connectivity index (χ1n) is 9.43. The van der Waals surface area contributed by atoms with Gasteiger partial charge in [0.05, 0.1) is 18.7 Å². The summed E-state index contributed by atoms with van der Waals surface area (Å²) in [6.45, 7) is 5.65. The molecule has 7 nitrogen and oxygen atoms in total. The minimum atomic E-state index is -1.96. The SMILES string of the molecule is CCOC(=O)C1(NC(=O)CC2(O)C(=O)Nc3c(C)cc(C)cc32)CCSCC1. The number of rotatable bonds is 5. The van der Waals surface area contributed by atoms with E-state index in [0.717, 1.165) is 22.6 Å². The van der Waals surface area contributed by atoms with Crippen LogP contribution >= 0.6 is 11.8 Å². The zero-order chi connectivity index (χ0) is 20.5. The third-order valence-corrected chi connectivity index (χ3v) is 6.33. The fraction of sp³-hybridized carbons (Fsp3) is 0.550. The number of benzene rings is 1. The van der Waals surface area contributed by atoms with Gasteiger partial charge in [-0.25, -0.2) is 4.79 Å². The Balaban J connectivity index is 1.84. The summed E-state index contributed by atoms with van der Waals surface area (Å²) in [5, 5.41) is 16.6. The van der Waals surface area contributed by atoms with Crippen LogP contribution in [-0.2, 0) is 24.7 Å². The van der Waals surface area contributed by atoms with Gasteiger partial charge in [0.15, 0.2) is 5.60 Å². The predicted molar refractivity (Wildman–Crippen MR) is 107 cm³/mol. The Bertz CT molecular complexity index is 819. The maximum Gasteiger partial charge on any atom is 0.331 e. The smallest absolute Gasteiger partial charge is 0.331 e. The summed E-state index contributed by atoms with van der Waals surface area (Å²) in [5.74, 6) is -0.185. The number of hydrogen-bond donors (Lipinski definition) is 3. The van der Waals surface area contributed by atoms with E-state index in [1.165, 1.54) is 0 Å². The van der Waals surface area contributed by atoms with Gasteiger partial charge < -0.3 is 20.5 Å². The van der Waals surface area contributed by atoms with Crippen molar-refractivity contribution in [1.82, 2.24) is 5.32 Å². The monoisotopic (exact) mass is 406 g/mol. The quantitative estimate of drug-likeness (QED) is 0.644. The van der Waals surface area contributed by atoms with Crippen molar-refractivity contribution in [2.24, 2.45) is 0 Å². The lowest BCUT2D eigenvalue weighted by Gasteiger charge is -2.36. The fourth-order valence-electron chi connectivity index (χ4n) is 3.89. The van der Waals surface area contributed by atoms with Gasteiger partial charge in [-0.1, -0.05) is 17.7 Å². The van der Waals surface area contributed by atoms with Crippen LogP contribution in [0.2, 0.25) is 0 Å². The molecule has 1 aromatic carbocycles. The Morgan fingerprint density at radius 3 is 2.61 bits per heavy atom. The molecule has 1 fully saturated rings. The van der Waals surface area contributed by atoms with Gasteiger partial charge >= 0.3 is 5.97 Å². The number of hydrogen-bond acceptors (Lipinski definition) is 6. The van der Waals surface area contributed by atoms with Gasteiger partial charge in [-0.2, -0.15) is 11.8 Å². The van der Waals surface area contributed by atoms with E-state index in [0.29, 0.717) is 24.1 Å². The van der Waals surface area contributed by atoms with Crippen molar-refractivity contribution >= 4 is 35.2 Å². The molecule has 2 aliphatic rings. The summed E-state index contributed by atoms with van der Waals surface area (Å²) >= 11 is 1.71. The lowest BCUT2D eigenvalue weighted by Crippen LogP contribution is -2.58. The second-order valence-corrected chi connectivity index (χ2v) is 8.68. The van der Waals surface area contributed by atoms with E-state index >= 15 is 0 Å². The van der Waals surface area contributed by atoms with Gasteiger partial charge in [-0.3, -0.25) is 9.59 Å². The minimum absolute atomic E-state index is 0.224. The Morgan fingerprint density at radius 1 is 1.29 bits per heavy atom. The highest BCUT2D eigenvalue weighted by Crippen LogP contribution is 2.41. The topological polar surface area (TPSA) is 105 Å². The third-order valence-electron chi connectivity index (χ3n) is 5.35. The van der Waals surface area contributed by atoms with Crippen molar-refractivity contribution < 1.29 is 24.2 Å². The molecule has 152 valence electrons. The number of nitrogens with one attached hydrogen (secondary N) is 2. The van der Waals surface area contributed by atoms with E-state index in [1.807, 2.05) is 19.9 Å². The molecular weight excluding hydrogens is 380 g/mol. The highest BCUT2D eigenvalue weighted by molar-refractivity contribution is 7.99. The van der Waals surface area contributed by atoms with Crippen LogP contribution in [-0.4, -0.2) is 46.5 Å². The van der Waals surface area contributed by atoms with Gasteiger partial charge in [0, 0.05) is 5.56 Å². The summed E-state index contributed by atoms with van der Waals surface area (Å²) in [6, 6.07) is 3.62. The zero-order valence-corrected chi connectivity index (χ0v) is 17.2. The molecule has 1 aromatic rings. The van der Waals surface area contributed by atoms with Crippen LogP contribution in [0, 0.1) is 13.8 Å². The number of ether oxygens (including phenoxy) is 1. The highest BCUT2D eigenvalue weighted by Gasteiger charge is 2.49. The predicted octanol–water partition coefficient (Wildman–Crippen LogP) is 1.78. The number of thioether (sulfide) groups is 1. The van der Waals surface area contributed by atoms with Crippen molar-refractivity contribution in [3.63, 3.8) is 0 Å². The molecule has 2 heterocycles. The fourth-order valence-corrected chi connectivity index (χ4v) is 5.08.